The first kappa shape index (κ1) is 15.0. The van der Waals surface area contributed by atoms with E-state index >= 15 is 0 Å². The van der Waals surface area contributed by atoms with Gasteiger partial charge < -0.3 is 4.74 Å². The second-order valence-corrected chi connectivity index (χ2v) is 4.92. The fourth-order valence-corrected chi connectivity index (χ4v) is 1.94. The molecule has 0 aliphatic carbocycles. The normalized spacial score (nSPS) is 12.2. The summed E-state index contributed by atoms with van der Waals surface area (Å²) in [5.74, 6) is 0.791. The van der Waals surface area contributed by atoms with Gasteiger partial charge in [-0.15, -0.1) is 0 Å². The lowest BCUT2D eigenvalue weighted by molar-refractivity contribution is 0.108. The molecular formula is C15H21ClO2. The van der Waals surface area contributed by atoms with E-state index < -0.39 is 5.24 Å². The summed E-state index contributed by atoms with van der Waals surface area (Å²) in [5.41, 5.74) is 0.500. The molecule has 0 saturated heterocycles. The average Bonchev–Trinajstić information content (AvgIpc) is 2.35. The highest BCUT2D eigenvalue weighted by molar-refractivity contribution is 6.67. The van der Waals surface area contributed by atoms with Crippen molar-refractivity contribution in [2.45, 2.75) is 52.1 Å². The van der Waals surface area contributed by atoms with Crippen molar-refractivity contribution in [1.29, 1.82) is 0 Å². The van der Waals surface area contributed by atoms with Crippen LogP contribution in [0.25, 0.3) is 0 Å². The highest BCUT2D eigenvalue weighted by Gasteiger charge is 2.05. The number of carbonyl (C=O) groups is 1. The van der Waals surface area contributed by atoms with Gasteiger partial charge in [0.05, 0.1) is 6.10 Å². The van der Waals surface area contributed by atoms with Crippen LogP contribution in [0, 0.1) is 0 Å². The zero-order valence-electron chi connectivity index (χ0n) is 11.1. The number of benzene rings is 1. The molecule has 0 unspecified atom stereocenters. The lowest BCUT2D eigenvalue weighted by Gasteiger charge is -2.14. The summed E-state index contributed by atoms with van der Waals surface area (Å²) in [7, 11) is 0. The Bertz CT molecular complexity index is 359. The van der Waals surface area contributed by atoms with E-state index in [-0.39, 0.29) is 6.10 Å². The fourth-order valence-electron chi connectivity index (χ4n) is 1.81. The lowest BCUT2D eigenvalue weighted by Crippen LogP contribution is -2.11. The molecule has 0 bridgehead atoms. The quantitative estimate of drug-likeness (QED) is 0.500. The van der Waals surface area contributed by atoms with Crippen LogP contribution in [0.2, 0.25) is 0 Å². The Morgan fingerprint density at radius 1 is 1.22 bits per heavy atom. The first-order chi connectivity index (χ1) is 8.63. The summed E-state index contributed by atoms with van der Waals surface area (Å²) in [4.78, 5) is 10.9. The van der Waals surface area contributed by atoms with Crippen molar-refractivity contribution in [2.75, 3.05) is 0 Å². The Morgan fingerprint density at radius 3 is 2.44 bits per heavy atom. The number of hydrogen-bond donors (Lipinski definition) is 0. The zero-order valence-corrected chi connectivity index (χ0v) is 11.9. The summed E-state index contributed by atoms with van der Waals surface area (Å²) in [6.45, 7) is 4.28. The van der Waals surface area contributed by atoms with Crippen molar-refractivity contribution in [2.24, 2.45) is 0 Å². The lowest BCUT2D eigenvalue weighted by atomic mass is 10.1. The molecule has 0 aliphatic rings. The Kier molecular flexibility index (Phi) is 6.81. The third-order valence-electron chi connectivity index (χ3n) is 2.88. The molecular weight excluding hydrogens is 248 g/mol. The minimum absolute atomic E-state index is 0.208. The van der Waals surface area contributed by atoms with E-state index in [1.807, 2.05) is 0 Å². The van der Waals surface area contributed by atoms with E-state index in [4.69, 9.17) is 16.3 Å². The smallest absolute Gasteiger partial charge is 0.252 e. The predicted octanol–water partition coefficient (Wildman–Crippen LogP) is 4.80. The van der Waals surface area contributed by atoms with Gasteiger partial charge in [-0.3, -0.25) is 4.79 Å². The number of ether oxygens (including phenoxy) is 1. The number of hydrogen-bond acceptors (Lipinski definition) is 2. The number of rotatable bonds is 8. The van der Waals surface area contributed by atoms with Gasteiger partial charge in [-0.25, -0.2) is 0 Å². The van der Waals surface area contributed by atoms with Gasteiger partial charge in [-0.1, -0.05) is 26.2 Å². The highest BCUT2D eigenvalue weighted by Crippen LogP contribution is 2.17. The van der Waals surface area contributed by atoms with Crippen molar-refractivity contribution in [1.82, 2.24) is 0 Å². The maximum atomic E-state index is 10.9. The van der Waals surface area contributed by atoms with Crippen molar-refractivity contribution in [3.05, 3.63) is 29.8 Å². The largest absolute Gasteiger partial charge is 0.491 e. The van der Waals surface area contributed by atoms with Crippen molar-refractivity contribution >= 4 is 16.8 Å². The van der Waals surface area contributed by atoms with E-state index in [2.05, 4.69) is 13.8 Å². The van der Waals surface area contributed by atoms with Crippen LogP contribution in [0.5, 0.6) is 5.75 Å². The molecule has 0 saturated carbocycles. The van der Waals surface area contributed by atoms with Crippen molar-refractivity contribution < 1.29 is 9.53 Å². The molecule has 1 aromatic carbocycles. The molecule has 0 aliphatic heterocycles. The molecule has 0 amide bonds. The Morgan fingerprint density at radius 2 is 1.89 bits per heavy atom. The molecule has 1 rings (SSSR count). The molecule has 3 heteroatoms. The average molecular weight is 269 g/mol. The van der Waals surface area contributed by atoms with Crippen molar-refractivity contribution in [3.63, 3.8) is 0 Å². The Hall–Kier alpha value is -1.02. The van der Waals surface area contributed by atoms with Gasteiger partial charge in [0.2, 0.25) is 0 Å². The number of carbonyl (C=O) groups excluding carboxylic acids is 1. The van der Waals surface area contributed by atoms with Crippen LogP contribution in [-0.4, -0.2) is 11.3 Å². The molecule has 0 spiro atoms. The van der Waals surface area contributed by atoms with E-state index in [1.54, 1.807) is 24.3 Å². The first-order valence-electron chi connectivity index (χ1n) is 6.60. The molecule has 0 heterocycles. The third-order valence-corrected chi connectivity index (χ3v) is 3.10. The number of unbranched alkanes of at least 4 members (excludes halogenated alkanes) is 3. The van der Waals surface area contributed by atoms with Gasteiger partial charge in [0, 0.05) is 5.56 Å². The maximum absolute atomic E-state index is 10.9. The summed E-state index contributed by atoms with van der Waals surface area (Å²) >= 11 is 5.38. The molecule has 18 heavy (non-hydrogen) atoms. The topological polar surface area (TPSA) is 26.3 Å². The molecule has 0 fully saturated rings. The van der Waals surface area contributed by atoms with Gasteiger partial charge in [-0.2, -0.15) is 0 Å². The predicted molar refractivity (Wildman–Crippen MR) is 75.5 cm³/mol. The summed E-state index contributed by atoms with van der Waals surface area (Å²) in [6, 6.07) is 6.96. The SMILES string of the molecule is CCCCCC[C@@H](C)Oc1ccc(C(=O)Cl)cc1. The van der Waals surface area contributed by atoms with Gasteiger partial charge in [-0.05, 0) is 55.6 Å². The fraction of sp³-hybridized carbons (Fsp3) is 0.533. The third kappa shape index (κ3) is 5.54. The Balaban J connectivity index is 2.35. The first-order valence-corrected chi connectivity index (χ1v) is 6.97. The molecule has 2 nitrogen and oxygen atoms in total. The zero-order chi connectivity index (χ0) is 13.4. The molecule has 1 atom stereocenters. The minimum atomic E-state index is -0.436. The standard InChI is InChI=1S/C15H21ClO2/c1-3-4-5-6-7-12(2)18-14-10-8-13(9-11-14)15(16)17/h8-12H,3-7H2,1-2H3/t12-/m1/s1. The summed E-state index contributed by atoms with van der Waals surface area (Å²) < 4.78 is 5.77. The van der Waals surface area contributed by atoms with Gasteiger partial charge in [0.15, 0.2) is 0 Å². The van der Waals surface area contributed by atoms with Crippen LogP contribution in [0.4, 0.5) is 0 Å². The van der Waals surface area contributed by atoms with Crippen LogP contribution in [-0.2, 0) is 0 Å². The van der Waals surface area contributed by atoms with E-state index in [1.165, 1.54) is 25.7 Å². The molecule has 0 N–H and O–H groups in total. The van der Waals surface area contributed by atoms with Gasteiger partial charge >= 0.3 is 0 Å². The van der Waals surface area contributed by atoms with Crippen LogP contribution < -0.4 is 4.74 Å². The van der Waals surface area contributed by atoms with Gasteiger partial charge in [0.1, 0.15) is 5.75 Å². The molecule has 0 radical (unpaired) electrons. The monoisotopic (exact) mass is 268 g/mol. The van der Waals surface area contributed by atoms with E-state index in [0.717, 1.165) is 12.2 Å². The second-order valence-electron chi connectivity index (χ2n) is 4.58. The number of halogens is 1. The Labute approximate surface area is 114 Å². The van der Waals surface area contributed by atoms with E-state index in [9.17, 15) is 4.79 Å². The summed E-state index contributed by atoms with van der Waals surface area (Å²) in [5, 5.41) is -0.436. The van der Waals surface area contributed by atoms with Crippen LogP contribution in [0.3, 0.4) is 0 Å². The maximum Gasteiger partial charge on any atom is 0.252 e. The van der Waals surface area contributed by atoms with Crippen LogP contribution in [0.1, 0.15) is 56.3 Å². The molecule has 100 valence electrons. The van der Waals surface area contributed by atoms with Crippen molar-refractivity contribution in [3.8, 4) is 5.75 Å². The van der Waals surface area contributed by atoms with Gasteiger partial charge in [0.25, 0.3) is 5.24 Å². The highest BCUT2D eigenvalue weighted by atomic mass is 35.5. The van der Waals surface area contributed by atoms with Crippen LogP contribution >= 0.6 is 11.6 Å². The molecule has 0 aromatic heterocycles. The van der Waals surface area contributed by atoms with Crippen LogP contribution in [0.15, 0.2) is 24.3 Å². The second kappa shape index (κ2) is 8.15. The minimum Gasteiger partial charge on any atom is -0.491 e. The molecule has 1 aromatic rings. The van der Waals surface area contributed by atoms with E-state index in [0.29, 0.717) is 5.56 Å². The summed E-state index contributed by atoms with van der Waals surface area (Å²) in [6.07, 6.45) is 6.29.